The zero-order chi connectivity index (χ0) is 32.4. The van der Waals surface area contributed by atoms with Gasteiger partial charge in [-0.25, -0.2) is 13.6 Å². The molecule has 242 valence electrons. The van der Waals surface area contributed by atoms with E-state index in [2.05, 4.69) is 16.0 Å². The monoisotopic (exact) mass is 634 g/mol. The average Bonchev–Trinajstić information content (AvgIpc) is 3.00. The number of carbonyl (C=O) groups is 2. The molecule has 3 atom stereocenters. The van der Waals surface area contributed by atoms with Crippen LogP contribution in [0, 0.1) is 18.6 Å². The smallest absolute Gasteiger partial charge is 0.407 e. The Morgan fingerprint density at radius 2 is 1.71 bits per heavy atom. The fraction of sp³-hybridized carbons (Fsp3) is 0.375. The van der Waals surface area contributed by atoms with E-state index >= 15 is 0 Å². The molecule has 0 unspecified atom stereocenters. The molecule has 1 fully saturated rings. The lowest BCUT2D eigenvalue weighted by Crippen LogP contribution is -2.49. The van der Waals surface area contributed by atoms with Crippen molar-refractivity contribution in [3.8, 4) is 0 Å². The van der Waals surface area contributed by atoms with Crippen molar-refractivity contribution in [2.75, 3.05) is 36.9 Å². The van der Waals surface area contributed by atoms with Crippen LogP contribution in [0.2, 0.25) is 0 Å². The van der Waals surface area contributed by atoms with Gasteiger partial charge in [0.05, 0.1) is 18.8 Å². The number of aryl methyl sites for hydroxylation is 1. The lowest BCUT2D eigenvalue weighted by atomic mass is 9.97. The molecule has 0 radical (unpaired) electrons. The van der Waals surface area contributed by atoms with Crippen LogP contribution >= 0.6 is 0 Å². The second-order valence-electron chi connectivity index (χ2n) is 10.8. The number of alkyl halides is 3. The van der Waals surface area contributed by atoms with Gasteiger partial charge < -0.3 is 30.7 Å². The van der Waals surface area contributed by atoms with E-state index < -0.39 is 30.7 Å². The maximum atomic E-state index is 13.5. The minimum Gasteiger partial charge on any atom is -0.448 e. The van der Waals surface area contributed by atoms with E-state index in [9.17, 15) is 31.5 Å². The van der Waals surface area contributed by atoms with Crippen molar-refractivity contribution in [1.82, 2.24) is 10.6 Å². The quantitative estimate of drug-likeness (QED) is 0.196. The van der Waals surface area contributed by atoms with Crippen LogP contribution in [0.5, 0.6) is 0 Å². The van der Waals surface area contributed by atoms with Gasteiger partial charge in [-0.05, 0) is 78.9 Å². The highest BCUT2D eigenvalue weighted by atomic mass is 19.4. The first-order chi connectivity index (χ1) is 21.4. The minimum absolute atomic E-state index is 0.141. The summed E-state index contributed by atoms with van der Waals surface area (Å²) in [5.74, 6) is -1.16. The Bertz CT molecular complexity index is 1410. The number of rotatable bonds is 12. The predicted octanol–water partition coefficient (Wildman–Crippen LogP) is 5.51. The van der Waals surface area contributed by atoms with E-state index in [-0.39, 0.29) is 43.5 Å². The first-order valence-corrected chi connectivity index (χ1v) is 14.4. The Morgan fingerprint density at radius 1 is 1.02 bits per heavy atom. The summed E-state index contributed by atoms with van der Waals surface area (Å²) >= 11 is 0. The van der Waals surface area contributed by atoms with Crippen molar-refractivity contribution in [2.45, 2.75) is 50.6 Å². The summed E-state index contributed by atoms with van der Waals surface area (Å²) in [6.45, 7) is 1.01. The van der Waals surface area contributed by atoms with Crippen LogP contribution < -0.4 is 21.3 Å². The molecule has 1 aliphatic heterocycles. The molecular weight excluding hydrogens is 599 g/mol. The second-order valence-corrected chi connectivity index (χ2v) is 10.8. The standard InChI is InChI=1S/C32H35F5N4O4/c1-20-3-2-4-28(27(20)14-13-26-16-38-25(17-44-26)18-45-31(43)39-19-32(35,36)37)41-29(15-21-5-7-22(33)8-6-21)30(42)40-24-11-9-23(34)10-12-24/h2-12,25-26,29,38,41H,13-19H2,1H3,(H,39,43)(H,40,42)/t25-,26+,29-/m0/s1. The van der Waals surface area contributed by atoms with Crippen molar-refractivity contribution in [3.63, 3.8) is 0 Å². The molecule has 0 bridgehead atoms. The average molecular weight is 635 g/mol. The van der Waals surface area contributed by atoms with Crippen molar-refractivity contribution in [3.05, 3.63) is 95.1 Å². The van der Waals surface area contributed by atoms with Gasteiger partial charge >= 0.3 is 12.3 Å². The molecule has 3 aromatic carbocycles. The fourth-order valence-corrected chi connectivity index (χ4v) is 4.85. The number of carbonyl (C=O) groups excluding carboxylic acids is 2. The van der Waals surface area contributed by atoms with Crippen LogP contribution in [-0.2, 0) is 27.1 Å². The van der Waals surface area contributed by atoms with Crippen molar-refractivity contribution >= 4 is 23.4 Å². The van der Waals surface area contributed by atoms with Crippen molar-refractivity contribution in [1.29, 1.82) is 0 Å². The molecule has 1 heterocycles. The molecule has 0 aliphatic carbocycles. The fourth-order valence-electron chi connectivity index (χ4n) is 4.85. The third kappa shape index (κ3) is 11.0. The topological polar surface area (TPSA) is 101 Å². The van der Waals surface area contributed by atoms with E-state index in [1.165, 1.54) is 36.4 Å². The van der Waals surface area contributed by atoms with Crippen LogP contribution in [0.4, 0.5) is 38.1 Å². The zero-order valence-electron chi connectivity index (χ0n) is 24.6. The summed E-state index contributed by atoms with van der Waals surface area (Å²) in [6, 6.07) is 16.0. The number of anilines is 2. The number of morpholine rings is 1. The van der Waals surface area contributed by atoms with Crippen molar-refractivity contribution < 1.29 is 41.0 Å². The number of nitrogens with one attached hydrogen (secondary N) is 4. The maximum absolute atomic E-state index is 13.5. The summed E-state index contributed by atoms with van der Waals surface area (Å²) < 4.78 is 74.5. The Morgan fingerprint density at radius 3 is 2.36 bits per heavy atom. The molecular formula is C32H35F5N4O4. The molecule has 8 nitrogen and oxygen atoms in total. The number of ether oxygens (including phenoxy) is 2. The van der Waals surface area contributed by atoms with Crippen LogP contribution in [0.3, 0.4) is 0 Å². The third-order valence-corrected chi connectivity index (χ3v) is 7.25. The zero-order valence-corrected chi connectivity index (χ0v) is 24.6. The lowest BCUT2D eigenvalue weighted by molar-refractivity contribution is -0.124. The first-order valence-electron chi connectivity index (χ1n) is 14.4. The van der Waals surface area contributed by atoms with Gasteiger partial charge in [0.1, 0.15) is 30.8 Å². The van der Waals surface area contributed by atoms with Gasteiger partial charge in [-0.1, -0.05) is 24.3 Å². The predicted molar refractivity (Wildman–Crippen MR) is 159 cm³/mol. The Kier molecular flexibility index (Phi) is 11.7. The molecule has 4 rings (SSSR count). The van der Waals surface area contributed by atoms with Gasteiger partial charge in [0.25, 0.3) is 0 Å². The minimum atomic E-state index is -4.52. The summed E-state index contributed by atoms with van der Waals surface area (Å²) in [5, 5.41) is 11.0. The van der Waals surface area contributed by atoms with Crippen LogP contribution in [0.25, 0.3) is 0 Å². The largest absolute Gasteiger partial charge is 0.448 e. The second kappa shape index (κ2) is 15.7. The van der Waals surface area contributed by atoms with Crippen LogP contribution in [-0.4, -0.2) is 62.7 Å². The van der Waals surface area contributed by atoms with Crippen molar-refractivity contribution in [2.24, 2.45) is 0 Å². The molecule has 45 heavy (non-hydrogen) atoms. The number of amides is 2. The van der Waals surface area contributed by atoms with Crippen LogP contribution in [0.15, 0.2) is 66.7 Å². The summed E-state index contributed by atoms with van der Waals surface area (Å²) in [4.78, 5) is 24.9. The molecule has 0 saturated carbocycles. The summed E-state index contributed by atoms with van der Waals surface area (Å²) in [5.41, 5.74) is 3.90. The van der Waals surface area contributed by atoms with Gasteiger partial charge in [-0.15, -0.1) is 0 Å². The highest BCUT2D eigenvalue weighted by Gasteiger charge is 2.29. The number of halogens is 5. The van der Waals surface area contributed by atoms with Gasteiger partial charge in [-0.3, -0.25) is 4.79 Å². The normalized spacial score (nSPS) is 17.3. The number of alkyl carbamates (subject to hydrolysis) is 1. The number of benzene rings is 3. The molecule has 0 aromatic heterocycles. The summed E-state index contributed by atoms with van der Waals surface area (Å²) in [7, 11) is 0. The van der Waals surface area contributed by atoms with E-state index in [0.29, 0.717) is 25.1 Å². The SMILES string of the molecule is Cc1cccc(N[C@@H](Cc2ccc(F)cc2)C(=O)Nc2ccc(F)cc2)c1CC[C@@H]1CN[C@H](COC(=O)NCC(F)(F)F)CO1. The van der Waals surface area contributed by atoms with Crippen LogP contribution in [0.1, 0.15) is 23.1 Å². The first kappa shape index (κ1) is 33.7. The van der Waals surface area contributed by atoms with Gasteiger partial charge in [0.2, 0.25) is 5.91 Å². The number of hydrogen-bond acceptors (Lipinski definition) is 6. The molecule has 4 N–H and O–H groups in total. The molecule has 1 saturated heterocycles. The summed E-state index contributed by atoms with van der Waals surface area (Å²) in [6.07, 6.45) is -4.37. The molecule has 2 amide bonds. The van der Waals surface area contributed by atoms with E-state index in [4.69, 9.17) is 9.47 Å². The highest BCUT2D eigenvalue weighted by molar-refractivity contribution is 5.97. The molecule has 0 spiro atoms. The Labute approximate surface area is 257 Å². The Balaban J connectivity index is 1.36. The van der Waals surface area contributed by atoms with E-state index in [1.54, 1.807) is 17.4 Å². The van der Waals surface area contributed by atoms with E-state index in [1.807, 2.05) is 25.1 Å². The van der Waals surface area contributed by atoms with E-state index in [0.717, 1.165) is 22.4 Å². The highest BCUT2D eigenvalue weighted by Crippen LogP contribution is 2.25. The molecule has 3 aromatic rings. The lowest BCUT2D eigenvalue weighted by Gasteiger charge is -2.30. The number of hydrogen-bond donors (Lipinski definition) is 4. The molecule has 1 aliphatic rings. The Hall–Kier alpha value is -4.23. The van der Waals surface area contributed by atoms with Gasteiger partial charge in [-0.2, -0.15) is 13.2 Å². The molecule has 13 heteroatoms. The maximum Gasteiger partial charge on any atom is 0.407 e. The van der Waals surface area contributed by atoms with Gasteiger partial charge in [0.15, 0.2) is 0 Å². The van der Waals surface area contributed by atoms with Gasteiger partial charge in [0, 0.05) is 24.3 Å². The third-order valence-electron chi connectivity index (χ3n) is 7.25.